The molecule has 0 amide bonds. The van der Waals surface area contributed by atoms with Crippen molar-refractivity contribution in [2.75, 3.05) is 0 Å². The topological polar surface area (TPSA) is 117 Å². The van der Waals surface area contributed by atoms with Gasteiger partial charge in [0.05, 0.1) is 22.5 Å². The maximum absolute atomic E-state index is 11.2. The molecule has 1 aliphatic carbocycles. The Morgan fingerprint density at radius 1 is 0.939 bits per heavy atom. The number of thioether (sulfide) groups is 1. The highest BCUT2D eigenvalue weighted by Gasteiger charge is 2.27. The fraction of sp³-hybridized carbons (Fsp3) is 0.364. The van der Waals surface area contributed by atoms with Gasteiger partial charge in [-0.1, -0.05) is 42.1 Å². The maximum Gasteiger partial charge on any atom is 0.276 e. The molecule has 0 N–H and O–H groups in total. The minimum atomic E-state index is -0.621. The first kappa shape index (κ1) is 23.2. The lowest BCUT2D eigenvalue weighted by atomic mass is 9.88. The molecule has 3 aromatic rings. The van der Waals surface area contributed by atoms with Crippen LogP contribution in [0.1, 0.15) is 48.6 Å². The fourth-order valence-corrected chi connectivity index (χ4v) is 5.16. The van der Waals surface area contributed by atoms with E-state index >= 15 is 0 Å². The van der Waals surface area contributed by atoms with E-state index in [0.717, 1.165) is 43.1 Å². The van der Waals surface area contributed by atoms with Gasteiger partial charge in [-0.25, -0.2) is 0 Å². The van der Waals surface area contributed by atoms with E-state index in [1.54, 1.807) is 0 Å². The number of nitro groups is 2. The number of aromatic nitrogens is 3. The van der Waals surface area contributed by atoms with E-state index in [4.69, 9.17) is 11.6 Å². The van der Waals surface area contributed by atoms with Gasteiger partial charge in [-0.15, -0.1) is 21.8 Å². The zero-order valence-electron chi connectivity index (χ0n) is 17.7. The molecule has 0 unspecified atom stereocenters. The molecule has 1 heterocycles. The molecule has 1 saturated carbocycles. The number of hydrogen-bond donors (Lipinski definition) is 0. The molecule has 172 valence electrons. The first-order valence-electron chi connectivity index (χ1n) is 10.6. The van der Waals surface area contributed by atoms with Crippen LogP contribution in [0.2, 0.25) is 0 Å². The smallest absolute Gasteiger partial charge is 0.276 e. The number of nitro benzene ring substituents is 2. The highest BCUT2D eigenvalue weighted by Crippen LogP contribution is 2.36. The van der Waals surface area contributed by atoms with E-state index in [1.807, 2.05) is 30.3 Å². The summed E-state index contributed by atoms with van der Waals surface area (Å²) in [7, 11) is 0. The van der Waals surface area contributed by atoms with Gasteiger partial charge in [0.1, 0.15) is 5.82 Å². The van der Waals surface area contributed by atoms with Crippen LogP contribution in [0.5, 0.6) is 0 Å². The molecule has 33 heavy (non-hydrogen) atoms. The molecule has 11 heteroatoms. The van der Waals surface area contributed by atoms with E-state index < -0.39 is 9.85 Å². The van der Waals surface area contributed by atoms with E-state index in [-0.39, 0.29) is 22.7 Å². The molecule has 4 rings (SSSR count). The standard InChI is InChI=1S/C22H22ClN5O4S/c23-18-8-6-17(7-9-18)21-24-25-22(26(21)13-15-4-2-1-3-5-15)33-14-16-10-19(27(29)30)12-20(11-16)28(31)32/h1-5,10-12,17-18H,6-9,13-14H2. The van der Waals surface area contributed by atoms with Gasteiger partial charge in [0.2, 0.25) is 0 Å². The van der Waals surface area contributed by atoms with E-state index in [1.165, 1.54) is 23.9 Å². The van der Waals surface area contributed by atoms with Crippen LogP contribution in [0, 0.1) is 20.2 Å². The molecule has 0 saturated heterocycles. The highest BCUT2D eigenvalue weighted by atomic mass is 35.5. The van der Waals surface area contributed by atoms with E-state index in [2.05, 4.69) is 14.8 Å². The van der Waals surface area contributed by atoms with Gasteiger partial charge in [-0.3, -0.25) is 20.2 Å². The predicted molar refractivity (Wildman–Crippen MR) is 126 cm³/mol. The molecule has 0 aliphatic heterocycles. The van der Waals surface area contributed by atoms with E-state index in [9.17, 15) is 20.2 Å². The lowest BCUT2D eigenvalue weighted by molar-refractivity contribution is -0.394. The van der Waals surface area contributed by atoms with Crippen molar-refractivity contribution in [3.63, 3.8) is 0 Å². The SMILES string of the molecule is O=[N+]([O-])c1cc(CSc2nnc(C3CCC(Cl)CC3)n2Cc2ccccc2)cc([N+](=O)[O-])c1. The zero-order valence-corrected chi connectivity index (χ0v) is 19.2. The second-order valence-corrected chi connectivity index (χ2v) is 9.58. The quantitative estimate of drug-likeness (QED) is 0.173. The molecule has 1 fully saturated rings. The van der Waals surface area contributed by atoms with Crippen LogP contribution >= 0.6 is 23.4 Å². The Bertz CT molecular complexity index is 1120. The first-order chi connectivity index (χ1) is 15.9. The average molecular weight is 488 g/mol. The summed E-state index contributed by atoms with van der Waals surface area (Å²) in [6, 6.07) is 13.7. The third-order valence-corrected chi connectivity index (χ3v) is 7.18. The van der Waals surface area contributed by atoms with Crippen molar-refractivity contribution in [3.05, 3.63) is 85.7 Å². The lowest BCUT2D eigenvalue weighted by Gasteiger charge is -2.25. The van der Waals surface area contributed by atoms with Crippen LogP contribution in [-0.4, -0.2) is 30.0 Å². The minimum Gasteiger partial charge on any atom is -0.301 e. The molecule has 9 nitrogen and oxygen atoms in total. The Morgan fingerprint density at radius 3 is 2.18 bits per heavy atom. The van der Waals surface area contributed by atoms with Crippen molar-refractivity contribution in [1.82, 2.24) is 14.8 Å². The van der Waals surface area contributed by atoms with Crippen molar-refractivity contribution in [2.24, 2.45) is 0 Å². The van der Waals surface area contributed by atoms with Gasteiger partial charge in [-0.05, 0) is 36.8 Å². The summed E-state index contributed by atoms with van der Waals surface area (Å²) in [6.45, 7) is 0.599. The van der Waals surface area contributed by atoms with Crippen LogP contribution in [0.4, 0.5) is 11.4 Å². The molecule has 0 radical (unpaired) electrons. The number of halogens is 1. The minimum absolute atomic E-state index is 0.199. The number of benzene rings is 2. The number of rotatable bonds is 8. The number of non-ortho nitro benzene ring substituents is 2. The molecular formula is C22H22ClN5O4S. The Labute approximate surface area is 199 Å². The Morgan fingerprint density at radius 2 is 1.58 bits per heavy atom. The highest BCUT2D eigenvalue weighted by molar-refractivity contribution is 7.98. The van der Waals surface area contributed by atoms with Crippen LogP contribution in [0.25, 0.3) is 0 Å². The summed E-state index contributed by atoms with van der Waals surface area (Å²) in [5.41, 5.74) is 0.991. The summed E-state index contributed by atoms with van der Waals surface area (Å²) in [4.78, 5) is 21.2. The van der Waals surface area contributed by atoms with Crippen LogP contribution in [-0.2, 0) is 12.3 Å². The largest absolute Gasteiger partial charge is 0.301 e. The Kier molecular flexibility index (Phi) is 7.24. The normalized spacial score (nSPS) is 18.2. The third-order valence-electron chi connectivity index (χ3n) is 5.70. The monoisotopic (exact) mass is 487 g/mol. The molecule has 0 spiro atoms. The van der Waals surface area contributed by atoms with Crippen LogP contribution in [0.3, 0.4) is 0 Å². The second-order valence-electron chi connectivity index (χ2n) is 8.02. The Balaban J connectivity index is 1.61. The molecule has 1 aromatic heterocycles. The number of alkyl halides is 1. The van der Waals surface area contributed by atoms with Crippen molar-refractivity contribution in [2.45, 2.75) is 54.4 Å². The average Bonchev–Trinajstić information content (AvgIpc) is 3.21. The molecule has 1 aliphatic rings. The summed E-state index contributed by atoms with van der Waals surface area (Å²) in [6.07, 6.45) is 3.76. The fourth-order valence-electron chi connectivity index (χ4n) is 4.03. The van der Waals surface area contributed by atoms with Gasteiger partial charge in [-0.2, -0.15) is 0 Å². The third kappa shape index (κ3) is 5.69. The number of hydrogen-bond acceptors (Lipinski definition) is 7. The lowest BCUT2D eigenvalue weighted by Crippen LogP contribution is -2.17. The first-order valence-corrected chi connectivity index (χ1v) is 12.0. The molecular weight excluding hydrogens is 466 g/mol. The summed E-state index contributed by atoms with van der Waals surface area (Å²) in [5.74, 6) is 1.48. The van der Waals surface area contributed by atoms with Crippen molar-refractivity contribution in [1.29, 1.82) is 0 Å². The summed E-state index contributed by atoms with van der Waals surface area (Å²) >= 11 is 7.65. The second kappa shape index (κ2) is 10.3. The molecule has 0 atom stereocenters. The van der Waals surface area contributed by atoms with E-state index in [0.29, 0.717) is 23.0 Å². The molecule has 0 bridgehead atoms. The van der Waals surface area contributed by atoms with Crippen LogP contribution < -0.4 is 0 Å². The van der Waals surface area contributed by atoms with Gasteiger partial charge in [0.25, 0.3) is 11.4 Å². The summed E-state index contributed by atoms with van der Waals surface area (Å²) in [5, 5.41) is 32.2. The van der Waals surface area contributed by atoms with Gasteiger partial charge in [0, 0.05) is 29.2 Å². The summed E-state index contributed by atoms with van der Waals surface area (Å²) < 4.78 is 2.09. The van der Waals surface area contributed by atoms with Crippen LogP contribution in [0.15, 0.2) is 53.7 Å². The Hall–Kier alpha value is -2.98. The zero-order chi connectivity index (χ0) is 23.4. The maximum atomic E-state index is 11.2. The van der Waals surface area contributed by atoms with Gasteiger partial charge in [0.15, 0.2) is 5.16 Å². The number of nitrogens with zero attached hydrogens (tertiary/aromatic N) is 5. The van der Waals surface area contributed by atoms with Gasteiger partial charge >= 0.3 is 0 Å². The molecule has 2 aromatic carbocycles. The predicted octanol–water partition coefficient (Wildman–Crippen LogP) is 5.70. The van der Waals surface area contributed by atoms with Crippen molar-refractivity contribution >= 4 is 34.7 Å². The van der Waals surface area contributed by atoms with Crippen molar-refractivity contribution < 1.29 is 9.85 Å². The van der Waals surface area contributed by atoms with Crippen molar-refractivity contribution in [3.8, 4) is 0 Å². The van der Waals surface area contributed by atoms with Gasteiger partial charge < -0.3 is 4.57 Å².